The van der Waals surface area contributed by atoms with Gasteiger partial charge in [-0.25, -0.2) is 0 Å². The average molecular weight is 458 g/mol. The number of aromatic amines is 1. The van der Waals surface area contributed by atoms with Gasteiger partial charge < -0.3 is 0 Å². The molecule has 15 heteroatoms. The summed E-state index contributed by atoms with van der Waals surface area (Å²) in [4.78, 5) is 0. The van der Waals surface area contributed by atoms with Gasteiger partial charge in [-0.05, 0) is 27.7 Å². The molecule has 1 N–H and O–H groups in total. The highest BCUT2D eigenvalue weighted by atomic mass is 15.4. The number of hydrogen-bond acceptors (Lipinski definition) is 10. The van der Waals surface area contributed by atoms with Gasteiger partial charge in [0.1, 0.15) is 0 Å². The lowest BCUT2D eigenvalue weighted by atomic mass is 10.4. The highest BCUT2D eigenvalue weighted by molar-refractivity contribution is 5.03. The number of aryl methyl sites for hydroxylation is 6. The van der Waals surface area contributed by atoms with Crippen LogP contribution in [-0.2, 0) is 27.7 Å². The van der Waals surface area contributed by atoms with Crippen LogP contribution in [-0.4, -0.2) is 75.4 Å². The Balaban J connectivity index is 0.000000208. The Morgan fingerprint density at radius 3 is 1.61 bits per heavy atom. The number of nitrogens with zero attached hydrogens (tertiary/aromatic N) is 14. The Kier molecular flexibility index (Phi) is 12.6. The van der Waals surface area contributed by atoms with Crippen LogP contribution in [0.25, 0.3) is 0 Å². The minimum atomic E-state index is 0.903. The second-order valence-electron chi connectivity index (χ2n) is 6.41. The summed E-state index contributed by atoms with van der Waals surface area (Å²) in [6.07, 6.45) is 11.9. The molecule has 0 aliphatic heterocycles. The van der Waals surface area contributed by atoms with Gasteiger partial charge in [-0.2, -0.15) is 15.4 Å². The van der Waals surface area contributed by atoms with Crippen molar-refractivity contribution in [1.82, 2.24) is 75.4 Å². The molecule has 33 heavy (non-hydrogen) atoms. The third-order valence-corrected chi connectivity index (χ3v) is 3.72. The van der Waals surface area contributed by atoms with Crippen LogP contribution in [0.3, 0.4) is 0 Å². The van der Waals surface area contributed by atoms with Crippen LogP contribution in [0, 0.1) is 20.8 Å². The summed E-state index contributed by atoms with van der Waals surface area (Å²) >= 11 is 0. The summed E-state index contributed by atoms with van der Waals surface area (Å²) in [5, 5.41) is 38.8. The predicted molar refractivity (Wildman–Crippen MR) is 119 cm³/mol. The lowest BCUT2D eigenvalue weighted by molar-refractivity contribution is 0.627. The molecule has 0 aliphatic carbocycles. The Hall–Kier alpha value is -4.30. The van der Waals surface area contributed by atoms with Crippen LogP contribution < -0.4 is 0 Å². The van der Waals surface area contributed by atoms with Crippen molar-refractivity contribution in [2.75, 3.05) is 0 Å². The van der Waals surface area contributed by atoms with Crippen molar-refractivity contribution in [1.29, 1.82) is 0 Å². The van der Waals surface area contributed by atoms with Crippen molar-refractivity contribution in [2.24, 2.45) is 21.1 Å². The average Bonchev–Trinajstić information content (AvgIpc) is 3.63. The Morgan fingerprint density at radius 2 is 1.42 bits per heavy atom. The molecule has 0 spiro atoms. The summed E-state index contributed by atoms with van der Waals surface area (Å²) in [6, 6.07) is 0. The number of H-pyrrole nitrogens is 1. The van der Waals surface area contributed by atoms with E-state index < -0.39 is 0 Å². The van der Waals surface area contributed by atoms with Crippen LogP contribution in [0.4, 0.5) is 0 Å². The van der Waals surface area contributed by atoms with E-state index in [-0.39, 0.29) is 0 Å². The van der Waals surface area contributed by atoms with Crippen molar-refractivity contribution in [3.8, 4) is 0 Å². The molecule has 5 heterocycles. The predicted octanol–water partition coefficient (Wildman–Crippen LogP) is 0.473. The van der Waals surface area contributed by atoms with Gasteiger partial charge in [0.15, 0.2) is 0 Å². The summed E-state index contributed by atoms with van der Waals surface area (Å²) in [5.74, 6) is 0. The summed E-state index contributed by atoms with van der Waals surface area (Å²) in [6.45, 7) is 8.78. The van der Waals surface area contributed by atoms with Crippen molar-refractivity contribution in [3.05, 3.63) is 60.5 Å². The van der Waals surface area contributed by atoms with E-state index in [2.05, 4.69) is 56.7 Å². The van der Waals surface area contributed by atoms with Crippen LogP contribution >= 0.6 is 0 Å². The van der Waals surface area contributed by atoms with Crippen LogP contribution in [0.15, 0.2) is 43.4 Å². The molecule has 0 radical (unpaired) electrons. The van der Waals surface area contributed by atoms with Crippen LogP contribution in [0.2, 0.25) is 0 Å². The number of aromatic nitrogens is 15. The minimum absolute atomic E-state index is 0.903. The van der Waals surface area contributed by atoms with Gasteiger partial charge >= 0.3 is 0 Å². The van der Waals surface area contributed by atoms with Crippen molar-refractivity contribution in [2.45, 2.75) is 34.2 Å². The molecule has 0 atom stereocenters. The molecule has 5 rings (SSSR count). The molecular formula is C18H31N15. The zero-order valence-corrected chi connectivity index (χ0v) is 20.0. The van der Waals surface area contributed by atoms with Crippen molar-refractivity contribution < 1.29 is 0 Å². The van der Waals surface area contributed by atoms with Gasteiger partial charge in [0.2, 0.25) is 0 Å². The molecule has 5 aromatic rings. The normalized spacial score (nSPS) is 9.18. The van der Waals surface area contributed by atoms with E-state index in [1.807, 2.05) is 61.2 Å². The monoisotopic (exact) mass is 457 g/mol. The molecule has 0 aromatic carbocycles. The van der Waals surface area contributed by atoms with E-state index in [9.17, 15) is 0 Å². The van der Waals surface area contributed by atoms with Crippen LogP contribution in [0.1, 0.15) is 24.0 Å². The van der Waals surface area contributed by atoms with E-state index in [0.717, 1.165) is 23.6 Å². The van der Waals surface area contributed by atoms with Gasteiger partial charge in [0.05, 0.1) is 41.9 Å². The lowest BCUT2D eigenvalue weighted by Gasteiger charge is -1.87. The Labute approximate surface area is 191 Å². The SMILES string of the molecule is CCn1ccnn1.Cc1cn(C)nn1.Cc1nnn(C)c1C.Cn1ccnn1.c1cn[nH]n1. The highest BCUT2D eigenvalue weighted by Gasteiger charge is 1.96. The molecule has 15 nitrogen and oxygen atoms in total. The van der Waals surface area contributed by atoms with E-state index >= 15 is 0 Å². The fraction of sp³-hybridized carbons (Fsp3) is 0.444. The maximum atomic E-state index is 3.83. The van der Waals surface area contributed by atoms with Gasteiger partial charge in [0.25, 0.3) is 0 Å². The number of hydrogen-bond donors (Lipinski definition) is 1. The zero-order chi connectivity index (χ0) is 24.5. The molecule has 0 saturated carbocycles. The van der Waals surface area contributed by atoms with E-state index in [1.54, 1.807) is 49.7 Å². The number of nitrogens with one attached hydrogen (secondary N) is 1. The molecule has 0 aliphatic rings. The highest BCUT2D eigenvalue weighted by Crippen LogP contribution is 1.96. The molecule has 0 bridgehead atoms. The third kappa shape index (κ3) is 12.2. The molecule has 5 aromatic heterocycles. The van der Waals surface area contributed by atoms with Crippen molar-refractivity contribution in [3.63, 3.8) is 0 Å². The minimum Gasteiger partial charge on any atom is -0.256 e. The molecular weight excluding hydrogens is 426 g/mol. The smallest absolute Gasteiger partial charge is 0.0825 e. The van der Waals surface area contributed by atoms with Gasteiger partial charge in [-0.1, -0.05) is 20.9 Å². The number of rotatable bonds is 1. The molecule has 0 saturated heterocycles. The quantitative estimate of drug-likeness (QED) is 0.374. The largest absolute Gasteiger partial charge is 0.256 e. The maximum absolute atomic E-state index is 3.83. The standard InChI is InChI=1S/C5H9N3.2C4H7N3.C3H5N3.C2H3N3/c1-4-5(2)8(3)7-6-4;1-4-3-7(2)6-5-4;1-2-7-4-3-5-6-7;1-6-3-2-4-5-6;1-2-4-5-3-1/h1-3H3;3H,1-2H3;3-4H,2H2,1H3;2-3H,1H3;1-2H,(H,3,4,5). The van der Waals surface area contributed by atoms with E-state index in [4.69, 9.17) is 0 Å². The molecule has 0 unspecified atom stereocenters. The second-order valence-corrected chi connectivity index (χ2v) is 6.41. The van der Waals surface area contributed by atoms with E-state index in [0.29, 0.717) is 0 Å². The third-order valence-electron chi connectivity index (χ3n) is 3.72. The first-order valence-corrected chi connectivity index (χ1v) is 9.93. The first kappa shape index (κ1) is 26.7. The summed E-state index contributed by atoms with van der Waals surface area (Å²) in [5.41, 5.74) is 3.10. The van der Waals surface area contributed by atoms with E-state index in [1.165, 1.54) is 0 Å². The zero-order valence-electron chi connectivity index (χ0n) is 20.0. The van der Waals surface area contributed by atoms with Crippen molar-refractivity contribution >= 4 is 0 Å². The molecule has 0 fully saturated rings. The summed E-state index contributed by atoms with van der Waals surface area (Å²) in [7, 11) is 5.56. The fourth-order valence-electron chi connectivity index (χ4n) is 1.81. The summed E-state index contributed by atoms with van der Waals surface area (Å²) < 4.78 is 6.84. The molecule has 178 valence electrons. The van der Waals surface area contributed by atoms with Gasteiger partial charge in [0, 0.05) is 46.3 Å². The first-order chi connectivity index (χ1) is 15.8. The molecule has 0 amide bonds. The fourth-order valence-corrected chi connectivity index (χ4v) is 1.81. The second kappa shape index (κ2) is 15.5. The van der Waals surface area contributed by atoms with Gasteiger partial charge in [-0.3, -0.25) is 18.7 Å². The maximum Gasteiger partial charge on any atom is 0.0825 e. The first-order valence-electron chi connectivity index (χ1n) is 9.93. The Bertz CT molecular complexity index is 1010. The van der Waals surface area contributed by atoms with Crippen LogP contribution in [0.5, 0.6) is 0 Å². The Morgan fingerprint density at radius 1 is 0.758 bits per heavy atom. The lowest BCUT2D eigenvalue weighted by Crippen LogP contribution is -1.92. The van der Waals surface area contributed by atoms with Gasteiger partial charge in [-0.15, -0.1) is 20.4 Å². The topological polar surface area (TPSA) is 164 Å².